The Morgan fingerprint density at radius 3 is 2.50 bits per heavy atom. The molecular formula is C11H7ClN2O2. The maximum absolute atomic E-state index is 10.9. The minimum atomic E-state index is -1.07. The van der Waals surface area contributed by atoms with Crippen molar-refractivity contribution in [1.29, 1.82) is 0 Å². The molecule has 2 aromatic heterocycles. The van der Waals surface area contributed by atoms with Crippen LogP contribution in [0.4, 0.5) is 0 Å². The molecule has 0 atom stereocenters. The lowest BCUT2D eigenvalue weighted by molar-refractivity contribution is 0.0697. The van der Waals surface area contributed by atoms with Crippen molar-refractivity contribution in [1.82, 2.24) is 9.97 Å². The average Bonchev–Trinajstić information content (AvgIpc) is 2.30. The number of nitrogens with zero attached hydrogens (tertiary/aromatic N) is 2. The second-order valence-electron chi connectivity index (χ2n) is 3.06. The third kappa shape index (κ3) is 1.87. The van der Waals surface area contributed by atoms with Gasteiger partial charge in [0.15, 0.2) is 0 Å². The highest BCUT2D eigenvalue weighted by Gasteiger charge is 2.13. The predicted octanol–water partition coefficient (Wildman–Crippen LogP) is 2.50. The first-order valence-electron chi connectivity index (χ1n) is 4.48. The van der Waals surface area contributed by atoms with Gasteiger partial charge < -0.3 is 5.11 Å². The van der Waals surface area contributed by atoms with Gasteiger partial charge in [0, 0.05) is 24.2 Å². The molecule has 0 radical (unpaired) electrons. The Morgan fingerprint density at radius 1 is 1.19 bits per heavy atom. The van der Waals surface area contributed by atoms with Crippen LogP contribution in [0.1, 0.15) is 10.4 Å². The highest BCUT2D eigenvalue weighted by molar-refractivity contribution is 6.35. The molecule has 0 fully saturated rings. The highest BCUT2D eigenvalue weighted by Crippen LogP contribution is 2.27. The van der Waals surface area contributed by atoms with Crippen molar-refractivity contribution in [2.24, 2.45) is 0 Å². The Kier molecular flexibility index (Phi) is 2.83. The van der Waals surface area contributed by atoms with Gasteiger partial charge in [0.05, 0.1) is 16.3 Å². The molecule has 0 spiro atoms. The Balaban J connectivity index is 2.59. The van der Waals surface area contributed by atoms with Crippen molar-refractivity contribution < 1.29 is 9.90 Å². The van der Waals surface area contributed by atoms with Gasteiger partial charge in [-0.25, -0.2) is 4.79 Å². The normalized spacial score (nSPS) is 10.1. The van der Waals surface area contributed by atoms with Crippen molar-refractivity contribution in [2.45, 2.75) is 0 Å². The van der Waals surface area contributed by atoms with Gasteiger partial charge in [-0.15, -0.1) is 0 Å². The fourth-order valence-electron chi connectivity index (χ4n) is 1.32. The Bertz CT molecular complexity index is 529. The maximum Gasteiger partial charge on any atom is 0.337 e. The summed E-state index contributed by atoms with van der Waals surface area (Å²) in [6, 6.07) is 4.81. The molecule has 2 rings (SSSR count). The highest BCUT2D eigenvalue weighted by atomic mass is 35.5. The lowest BCUT2D eigenvalue weighted by Gasteiger charge is -2.05. The molecular weight excluding hydrogens is 228 g/mol. The summed E-state index contributed by atoms with van der Waals surface area (Å²) < 4.78 is 0. The van der Waals surface area contributed by atoms with E-state index in [9.17, 15) is 4.79 Å². The molecule has 5 heteroatoms. The number of carboxylic acids is 1. The summed E-state index contributed by atoms with van der Waals surface area (Å²) in [7, 11) is 0. The molecule has 16 heavy (non-hydrogen) atoms. The van der Waals surface area contributed by atoms with Gasteiger partial charge in [-0.1, -0.05) is 11.6 Å². The predicted molar refractivity (Wildman–Crippen MR) is 59.4 cm³/mol. The largest absolute Gasteiger partial charge is 0.478 e. The Labute approximate surface area is 96.6 Å². The van der Waals surface area contributed by atoms with Crippen LogP contribution in [-0.2, 0) is 0 Å². The third-order valence-corrected chi connectivity index (χ3v) is 2.46. The zero-order chi connectivity index (χ0) is 11.5. The second kappa shape index (κ2) is 4.28. The smallest absolute Gasteiger partial charge is 0.337 e. The lowest BCUT2D eigenvalue weighted by Crippen LogP contribution is -1.99. The summed E-state index contributed by atoms with van der Waals surface area (Å²) in [5.41, 5.74) is 1.23. The molecule has 4 nitrogen and oxygen atoms in total. The lowest BCUT2D eigenvalue weighted by atomic mass is 10.1. The van der Waals surface area contributed by atoms with Gasteiger partial charge in [-0.3, -0.25) is 9.97 Å². The number of hydrogen-bond acceptors (Lipinski definition) is 3. The van der Waals surface area contributed by atoms with Crippen molar-refractivity contribution in [3.63, 3.8) is 0 Å². The number of aromatic nitrogens is 2. The van der Waals surface area contributed by atoms with E-state index in [0.29, 0.717) is 5.69 Å². The summed E-state index contributed by atoms with van der Waals surface area (Å²) in [5.74, 6) is -1.07. The van der Waals surface area contributed by atoms with Crippen LogP contribution in [0.15, 0.2) is 36.8 Å². The van der Waals surface area contributed by atoms with E-state index in [2.05, 4.69) is 9.97 Å². The van der Waals surface area contributed by atoms with Gasteiger partial charge in [0.25, 0.3) is 0 Å². The van der Waals surface area contributed by atoms with Gasteiger partial charge in [-0.2, -0.15) is 0 Å². The number of aromatic carboxylic acids is 1. The van der Waals surface area contributed by atoms with Gasteiger partial charge in [0.2, 0.25) is 0 Å². The monoisotopic (exact) mass is 234 g/mol. The number of hydrogen-bond donors (Lipinski definition) is 1. The number of carbonyl (C=O) groups is 1. The topological polar surface area (TPSA) is 63.1 Å². The van der Waals surface area contributed by atoms with Crippen LogP contribution >= 0.6 is 11.6 Å². The van der Waals surface area contributed by atoms with Crippen LogP contribution in [0.3, 0.4) is 0 Å². The molecule has 1 N–H and O–H groups in total. The second-order valence-corrected chi connectivity index (χ2v) is 3.44. The van der Waals surface area contributed by atoms with E-state index in [0.717, 1.165) is 5.56 Å². The number of pyridine rings is 2. The van der Waals surface area contributed by atoms with E-state index in [-0.39, 0.29) is 10.6 Å². The molecule has 0 bridgehead atoms. The van der Waals surface area contributed by atoms with Crippen LogP contribution < -0.4 is 0 Å². The van der Waals surface area contributed by atoms with Crippen LogP contribution in [0.5, 0.6) is 0 Å². The fraction of sp³-hybridized carbons (Fsp3) is 0. The molecule has 2 heterocycles. The zero-order valence-electron chi connectivity index (χ0n) is 8.09. The van der Waals surface area contributed by atoms with Gasteiger partial charge >= 0.3 is 5.97 Å². The summed E-state index contributed by atoms with van der Waals surface area (Å²) >= 11 is 5.97. The third-order valence-electron chi connectivity index (χ3n) is 2.07. The van der Waals surface area contributed by atoms with Crippen molar-refractivity contribution in [3.8, 4) is 11.3 Å². The molecule has 2 aromatic rings. The maximum atomic E-state index is 10.9. The average molecular weight is 235 g/mol. The minimum absolute atomic E-state index is 0.0449. The van der Waals surface area contributed by atoms with Crippen molar-refractivity contribution in [2.75, 3.05) is 0 Å². The van der Waals surface area contributed by atoms with E-state index in [1.54, 1.807) is 24.5 Å². The molecule has 0 aliphatic rings. The fourth-order valence-corrected chi connectivity index (χ4v) is 1.62. The summed E-state index contributed by atoms with van der Waals surface area (Å²) in [6.07, 6.45) is 4.62. The number of rotatable bonds is 2. The summed E-state index contributed by atoms with van der Waals surface area (Å²) in [5, 5.41) is 9.05. The summed E-state index contributed by atoms with van der Waals surface area (Å²) in [6.45, 7) is 0. The first kappa shape index (κ1) is 10.6. The van der Waals surface area contributed by atoms with Crippen molar-refractivity contribution in [3.05, 3.63) is 47.4 Å². The Hall–Kier alpha value is -1.94. The van der Waals surface area contributed by atoms with Crippen LogP contribution in [0.25, 0.3) is 11.3 Å². The molecule has 0 saturated heterocycles. The number of halogens is 1. The van der Waals surface area contributed by atoms with E-state index in [1.165, 1.54) is 12.3 Å². The van der Waals surface area contributed by atoms with Crippen molar-refractivity contribution >= 4 is 17.6 Å². The van der Waals surface area contributed by atoms with E-state index in [4.69, 9.17) is 16.7 Å². The molecule has 0 amide bonds. The zero-order valence-corrected chi connectivity index (χ0v) is 8.85. The first-order chi connectivity index (χ1) is 7.70. The molecule has 0 unspecified atom stereocenters. The molecule has 0 aliphatic heterocycles. The molecule has 0 aliphatic carbocycles. The minimum Gasteiger partial charge on any atom is -0.478 e. The van der Waals surface area contributed by atoms with E-state index >= 15 is 0 Å². The summed E-state index contributed by atoms with van der Waals surface area (Å²) in [4.78, 5) is 18.8. The first-order valence-corrected chi connectivity index (χ1v) is 4.86. The number of carboxylic acid groups (broad SMARTS) is 1. The van der Waals surface area contributed by atoms with E-state index < -0.39 is 5.97 Å². The van der Waals surface area contributed by atoms with Gasteiger partial charge in [0.1, 0.15) is 0 Å². The standard InChI is InChI=1S/C11H7ClN2O2/c12-9-8(11(15)16)3-6-14-10(9)7-1-4-13-5-2-7/h1-6H,(H,15,16). The Morgan fingerprint density at radius 2 is 1.88 bits per heavy atom. The van der Waals surface area contributed by atoms with Crippen LogP contribution in [-0.4, -0.2) is 21.0 Å². The van der Waals surface area contributed by atoms with Crippen LogP contribution in [0.2, 0.25) is 5.02 Å². The van der Waals surface area contributed by atoms with E-state index in [1.807, 2.05) is 0 Å². The quantitative estimate of drug-likeness (QED) is 0.867. The van der Waals surface area contributed by atoms with Gasteiger partial charge in [-0.05, 0) is 18.2 Å². The molecule has 0 saturated carbocycles. The van der Waals surface area contributed by atoms with Crippen LogP contribution in [0, 0.1) is 0 Å². The molecule has 80 valence electrons. The molecule has 0 aromatic carbocycles. The SMILES string of the molecule is O=C(O)c1ccnc(-c2ccncc2)c1Cl.